The van der Waals surface area contributed by atoms with Gasteiger partial charge in [0.2, 0.25) is 0 Å². The third kappa shape index (κ3) is 10.8. The van der Waals surface area contributed by atoms with Crippen molar-refractivity contribution in [3.05, 3.63) is 53.6 Å². The average molecular weight is 674 g/mol. The molecule has 2 aromatic carbocycles. The molecule has 0 amide bonds. The number of hydrogen-bond donors (Lipinski definition) is 1. The first-order chi connectivity index (χ1) is 22.1. The number of aliphatic hydroxyl groups is 1. The van der Waals surface area contributed by atoms with Gasteiger partial charge in [-0.15, -0.1) is 0 Å². The van der Waals surface area contributed by atoms with Crippen LogP contribution in [0.25, 0.3) is 0 Å². The molecule has 0 saturated heterocycles. The zero-order valence-corrected chi connectivity index (χ0v) is 32.0. The molecule has 0 bridgehead atoms. The van der Waals surface area contributed by atoms with E-state index in [1.807, 2.05) is 55.4 Å². The van der Waals surface area contributed by atoms with Gasteiger partial charge in [0.25, 0.3) is 0 Å². The largest absolute Gasteiger partial charge is 0.796 e. The van der Waals surface area contributed by atoms with Crippen molar-refractivity contribution < 1.29 is 27.9 Å². The highest BCUT2D eigenvalue weighted by atomic mass is 32.3. The lowest BCUT2D eigenvalue weighted by Crippen LogP contribution is -2.51. The molecule has 0 radical (unpaired) electrons. The molecule has 0 aliphatic carbocycles. The molecule has 268 valence electrons. The number of nitrogens with zero attached hydrogens (tertiary/aromatic N) is 3. The molecule has 2 aromatic rings. The molecule has 2 unspecified atom stereocenters. The molecule has 8 heteroatoms. The van der Waals surface area contributed by atoms with Crippen molar-refractivity contribution >= 4 is 16.3 Å². The van der Waals surface area contributed by atoms with Crippen LogP contribution in [0, 0.1) is 5.41 Å². The SMILES string of the molecule is CCCCC1(CCCC)CS([O-])([O-])c2ccc(N(C)C)cc2C(c2ccc(OCCCCC[N+](C)(C)CC[N+](C)(C)CC)cc2)C1O. The van der Waals surface area contributed by atoms with E-state index >= 15 is 0 Å². The van der Waals surface area contributed by atoms with Crippen molar-refractivity contribution in [2.75, 3.05) is 85.7 Å². The number of unbranched alkanes of at least 4 members (excludes halogenated alkanes) is 4. The lowest BCUT2D eigenvalue weighted by molar-refractivity contribution is -0.945. The molecule has 1 N–H and O–H groups in total. The molecule has 0 aromatic heterocycles. The highest BCUT2D eigenvalue weighted by molar-refractivity contribution is 8.24. The molecule has 1 aliphatic heterocycles. The maximum atomic E-state index is 14.1. The van der Waals surface area contributed by atoms with E-state index in [0.29, 0.717) is 29.9 Å². The second-order valence-electron chi connectivity index (χ2n) is 15.7. The van der Waals surface area contributed by atoms with Gasteiger partial charge in [-0.3, -0.25) is 0 Å². The lowest BCUT2D eigenvalue weighted by atomic mass is 9.68. The Morgan fingerprint density at radius 2 is 1.45 bits per heavy atom. The second-order valence-corrected chi connectivity index (χ2v) is 17.7. The number of likely N-dealkylation sites (N-methyl/N-ethyl adjacent to an activating group) is 2. The van der Waals surface area contributed by atoms with E-state index in [0.717, 1.165) is 71.0 Å². The van der Waals surface area contributed by atoms with E-state index in [1.54, 1.807) is 6.07 Å². The summed E-state index contributed by atoms with van der Waals surface area (Å²) in [6.07, 6.45) is 7.60. The monoisotopic (exact) mass is 673 g/mol. The second kappa shape index (κ2) is 17.2. The van der Waals surface area contributed by atoms with Crippen molar-refractivity contribution in [3.8, 4) is 5.75 Å². The van der Waals surface area contributed by atoms with Gasteiger partial charge in [-0.25, -0.2) is 0 Å². The van der Waals surface area contributed by atoms with Gasteiger partial charge in [0, 0.05) is 31.1 Å². The predicted molar refractivity (Wildman–Crippen MR) is 198 cm³/mol. The molecule has 3 rings (SSSR count). The number of rotatable bonds is 19. The van der Waals surface area contributed by atoms with Crippen molar-refractivity contribution in [2.45, 2.75) is 95.5 Å². The summed E-state index contributed by atoms with van der Waals surface area (Å²) in [5, 5.41) is 12.4. The number of sulfone groups is 1. The van der Waals surface area contributed by atoms with Crippen LogP contribution in [0.2, 0.25) is 0 Å². The minimum absolute atomic E-state index is 0.0147. The summed E-state index contributed by atoms with van der Waals surface area (Å²) in [5.74, 6) is 0.345. The number of hydrogen-bond acceptors (Lipinski definition) is 5. The summed E-state index contributed by atoms with van der Waals surface area (Å²) in [7, 11) is 9.60. The Hall–Kier alpha value is -1.81. The molecule has 0 fully saturated rings. The number of fused-ring (bicyclic) bond motifs is 1. The van der Waals surface area contributed by atoms with E-state index < -0.39 is 28.0 Å². The van der Waals surface area contributed by atoms with Gasteiger partial charge in [0.1, 0.15) is 18.8 Å². The molecule has 1 aliphatic rings. The maximum Gasteiger partial charge on any atom is 0.128 e. The van der Waals surface area contributed by atoms with Gasteiger partial charge in [0.15, 0.2) is 0 Å². The van der Waals surface area contributed by atoms with E-state index in [9.17, 15) is 14.2 Å². The van der Waals surface area contributed by atoms with Crippen LogP contribution in [0.4, 0.5) is 5.69 Å². The first kappa shape index (κ1) is 39.6. The van der Waals surface area contributed by atoms with E-state index in [2.05, 4.69) is 49.0 Å². The molecule has 2 atom stereocenters. The van der Waals surface area contributed by atoms with Crippen molar-refractivity contribution in [1.82, 2.24) is 0 Å². The smallest absolute Gasteiger partial charge is 0.128 e. The average Bonchev–Trinajstić information content (AvgIpc) is 3.10. The van der Waals surface area contributed by atoms with Crippen LogP contribution in [0.3, 0.4) is 0 Å². The Morgan fingerprint density at radius 1 is 0.830 bits per heavy atom. The Labute approximate surface area is 289 Å². The molecule has 0 saturated carbocycles. The fraction of sp³-hybridized carbons (Fsp3) is 0.692. The van der Waals surface area contributed by atoms with Crippen LogP contribution in [0.15, 0.2) is 47.4 Å². The molecule has 7 nitrogen and oxygen atoms in total. The van der Waals surface area contributed by atoms with Gasteiger partial charge in [-0.1, -0.05) is 51.7 Å². The lowest BCUT2D eigenvalue weighted by Gasteiger charge is -2.64. The molecular weight excluding hydrogens is 607 g/mol. The highest BCUT2D eigenvalue weighted by Gasteiger charge is 2.46. The minimum atomic E-state index is -3.62. The van der Waals surface area contributed by atoms with Crippen LogP contribution < -0.4 is 9.64 Å². The van der Waals surface area contributed by atoms with Crippen LogP contribution in [-0.2, 0) is 0 Å². The topological polar surface area (TPSA) is 78.8 Å². The standard InChI is InChI=1S/C39H67N3O4S/c1-10-13-24-39(25-14-11-2)31-47(44,45)36-23-20-33(40(4)5)30-35(36)37(38(39)43)32-18-21-34(22-19-32)46-29-17-15-16-26-42(8,9)28-27-41(6,7)12-3/h18-23,30,37-38,43H,10-17,24-29,31H2,1-9H3. The number of aliphatic hydroxyl groups excluding tert-OH is 1. The summed E-state index contributed by atoms with van der Waals surface area (Å²) in [4.78, 5) is 2.35. The normalized spacial score (nSPS) is 19.9. The summed E-state index contributed by atoms with van der Waals surface area (Å²) in [5.41, 5.74) is 1.85. The van der Waals surface area contributed by atoms with Gasteiger partial charge in [0.05, 0.1) is 54.0 Å². The maximum absolute atomic E-state index is 14.1. The quantitative estimate of drug-likeness (QED) is 0.122. The van der Waals surface area contributed by atoms with Gasteiger partial charge < -0.3 is 43.4 Å². The van der Waals surface area contributed by atoms with Gasteiger partial charge >= 0.3 is 0 Å². The Kier molecular flexibility index (Phi) is 14.5. The molecule has 1 heterocycles. The van der Waals surface area contributed by atoms with Crippen LogP contribution in [-0.4, -0.2) is 110 Å². The first-order valence-electron chi connectivity index (χ1n) is 18.2. The summed E-state index contributed by atoms with van der Waals surface area (Å²) >= 11 is 0. The van der Waals surface area contributed by atoms with Crippen LogP contribution in [0.5, 0.6) is 5.75 Å². The first-order valence-corrected chi connectivity index (χ1v) is 19.8. The van der Waals surface area contributed by atoms with Crippen LogP contribution in [0.1, 0.15) is 95.6 Å². The summed E-state index contributed by atoms with van der Waals surface area (Å²) in [6, 6.07) is 13.7. The third-order valence-electron chi connectivity index (χ3n) is 10.7. The molecule has 47 heavy (non-hydrogen) atoms. The third-order valence-corrected chi connectivity index (χ3v) is 12.7. The number of benzene rings is 2. The van der Waals surface area contributed by atoms with Gasteiger partial charge in [-0.05, 0) is 91.1 Å². The van der Waals surface area contributed by atoms with Crippen molar-refractivity contribution in [1.29, 1.82) is 0 Å². The Balaban J connectivity index is 1.78. The number of ether oxygens (including phenoxy) is 1. The van der Waals surface area contributed by atoms with Crippen molar-refractivity contribution in [3.63, 3.8) is 0 Å². The Morgan fingerprint density at radius 3 is 2.02 bits per heavy atom. The zero-order valence-electron chi connectivity index (χ0n) is 31.2. The highest BCUT2D eigenvalue weighted by Crippen LogP contribution is 2.62. The number of quaternary nitrogens is 2. The van der Waals surface area contributed by atoms with Crippen molar-refractivity contribution in [2.24, 2.45) is 5.41 Å². The minimum Gasteiger partial charge on any atom is -0.796 e. The predicted octanol–water partition coefficient (Wildman–Crippen LogP) is 7.77. The summed E-state index contributed by atoms with van der Waals surface area (Å²) in [6.45, 7) is 11.9. The molecular formula is C39H67N3O4S. The molecule has 0 spiro atoms. The number of anilines is 1. The Bertz CT molecular complexity index is 1220. The fourth-order valence-corrected chi connectivity index (χ4v) is 9.17. The zero-order chi connectivity index (χ0) is 34.9. The van der Waals surface area contributed by atoms with Crippen LogP contribution >= 0.6 is 10.6 Å². The van der Waals surface area contributed by atoms with Gasteiger partial charge in [-0.2, -0.15) is 0 Å². The fourth-order valence-electron chi connectivity index (χ4n) is 6.98. The summed E-state index contributed by atoms with van der Waals surface area (Å²) < 4.78 is 36.4. The van der Waals surface area contributed by atoms with E-state index in [4.69, 9.17) is 4.74 Å². The van der Waals surface area contributed by atoms with E-state index in [1.165, 1.54) is 26.1 Å². The van der Waals surface area contributed by atoms with E-state index in [-0.39, 0.29) is 5.75 Å².